The van der Waals surface area contributed by atoms with Crippen LogP contribution in [0.15, 0.2) is 53.0 Å². The zero-order valence-electron chi connectivity index (χ0n) is 12.7. The van der Waals surface area contributed by atoms with E-state index in [4.69, 9.17) is 11.2 Å². The second-order valence-electron chi connectivity index (χ2n) is 5.69. The lowest BCUT2D eigenvalue weighted by molar-refractivity contribution is 0.0836. The zero-order chi connectivity index (χ0) is 16.2. The van der Waals surface area contributed by atoms with Crippen molar-refractivity contribution in [1.82, 2.24) is 0 Å². The van der Waals surface area contributed by atoms with Gasteiger partial charge in [0.25, 0.3) is 0 Å². The van der Waals surface area contributed by atoms with E-state index >= 15 is 0 Å². The maximum Gasteiger partial charge on any atom is 0.126 e. The highest BCUT2D eigenvalue weighted by molar-refractivity contribution is 9.10. The minimum atomic E-state index is -0.821. The minimum absolute atomic E-state index is 0.438. The summed E-state index contributed by atoms with van der Waals surface area (Å²) in [5.41, 5.74) is 1.06. The van der Waals surface area contributed by atoms with Crippen molar-refractivity contribution in [3.63, 3.8) is 0 Å². The lowest BCUT2D eigenvalue weighted by Gasteiger charge is -2.27. The Bertz CT molecular complexity index is 672. The lowest BCUT2D eigenvalue weighted by atomic mass is 9.83. The van der Waals surface area contributed by atoms with Crippen molar-refractivity contribution in [2.45, 2.75) is 26.6 Å². The van der Waals surface area contributed by atoms with E-state index in [2.05, 4.69) is 21.9 Å². The predicted octanol–water partition coefficient (Wildman–Crippen LogP) is 4.72. The number of aliphatic hydroxyl groups is 1. The Labute approximate surface area is 140 Å². The summed E-state index contributed by atoms with van der Waals surface area (Å²) in [5.74, 6) is 3.27. The molecule has 114 valence electrons. The molecule has 3 heteroatoms. The molecule has 0 aliphatic rings. The fourth-order valence-corrected chi connectivity index (χ4v) is 2.65. The van der Waals surface area contributed by atoms with Crippen LogP contribution in [0.25, 0.3) is 0 Å². The molecule has 0 aromatic heterocycles. The molecule has 0 heterocycles. The first-order valence-electron chi connectivity index (χ1n) is 7.06. The van der Waals surface area contributed by atoms with Gasteiger partial charge in [-0.2, -0.15) is 0 Å². The number of aliphatic hydroxyl groups excluding tert-OH is 1. The molecule has 0 aliphatic heterocycles. The molecule has 2 nitrogen and oxygen atoms in total. The van der Waals surface area contributed by atoms with E-state index in [1.165, 1.54) is 0 Å². The van der Waals surface area contributed by atoms with Crippen molar-refractivity contribution < 1.29 is 9.84 Å². The van der Waals surface area contributed by atoms with Crippen molar-refractivity contribution >= 4 is 15.9 Å². The molecule has 2 rings (SSSR count). The second kappa shape index (κ2) is 7.00. The summed E-state index contributed by atoms with van der Waals surface area (Å²) in [7, 11) is 0. The third-order valence-electron chi connectivity index (χ3n) is 3.58. The number of terminal acetylenes is 1. The number of hydrogen-bond acceptors (Lipinski definition) is 2. The van der Waals surface area contributed by atoms with Gasteiger partial charge in [0.2, 0.25) is 0 Å². The maximum absolute atomic E-state index is 10.7. The van der Waals surface area contributed by atoms with Gasteiger partial charge in [-0.1, -0.05) is 58.2 Å². The Balaban J connectivity index is 2.29. The molecule has 2 aromatic rings. The van der Waals surface area contributed by atoms with Crippen LogP contribution in [-0.4, -0.2) is 5.11 Å². The first-order valence-corrected chi connectivity index (χ1v) is 7.86. The Hall–Kier alpha value is -1.76. The molecule has 1 atom stereocenters. The molecule has 1 N–H and O–H groups in total. The lowest BCUT2D eigenvalue weighted by Crippen LogP contribution is -2.21. The Morgan fingerprint density at radius 1 is 1.18 bits per heavy atom. The highest BCUT2D eigenvalue weighted by Gasteiger charge is 2.31. The number of ether oxygens (including phenoxy) is 1. The first-order chi connectivity index (χ1) is 10.5. The molecule has 0 bridgehead atoms. The van der Waals surface area contributed by atoms with E-state index < -0.39 is 11.5 Å². The van der Waals surface area contributed by atoms with Crippen molar-refractivity contribution in [2.75, 3.05) is 0 Å². The van der Waals surface area contributed by atoms with Crippen LogP contribution in [0, 0.1) is 17.8 Å². The molecular formula is C19H19BrO2. The molecule has 0 aliphatic carbocycles. The molecule has 0 radical (unpaired) electrons. The quantitative estimate of drug-likeness (QED) is 0.783. The van der Waals surface area contributed by atoms with E-state index in [-0.39, 0.29) is 0 Å². The Kier molecular flexibility index (Phi) is 5.28. The average molecular weight is 359 g/mol. The molecule has 22 heavy (non-hydrogen) atoms. The highest BCUT2D eigenvalue weighted by Crippen LogP contribution is 2.41. The molecule has 0 fully saturated rings. The fourth-order valence-electron chi connectivity index (χ4n) is 2.08. The van der Waals surface area contributed by atoms with Crippen LogP contribution in [0.5, 0.6) is 5.75 Å². The molecule has 0 saturated carbocycles. The van der Waals surface area contributed by atoms with Crippen molar-refractivity contribution in [3.8, 4) is 18.1 Å². The standard InChI is InChI=1S/C19H19BrO2/c1-4-19(2,3)18(21)17-15(20)11-8-12-16(17)22-13-14-9-6-5-7-10-14/h1,5-12,18,21H,13H2,2-3H3. The number of benzene rings is 2. The monoisotopic (exact) mass is 358 g/mol. The zero-order valence-corrected chi connectivity index (χ0v) is 14.3. The third-order valence-corrected chi connectivity index (χ3v) is 4.27. The SMILES string of the molecule is C#CC(C)(C)C(O)c1c(Br)cccc1OCc1ccccc1. The molecule has 0 spiro atoms. The third kappa shape index (κ3) is 3.71. The van der Waals surface area contributed by atoms with Crippen LogP contribution in [0.4, 0.5) is 0 Å². The van der Waals surface area contributed by atoms with E-state index in [9.17, 15) is 5.11 Å². The summed E-state index contributed by atoms with van der Waals surface area (Å²) in [5, 5.41) is 10.7. The van der Waals surface area contributed by atoms with Gasteiger partial charge in [-0.25, -0.2) is 0 Å². The summed E-state index contributed by atoms with van der Waals surface area (Å²) < 4.78 is 6.69. The highest BCUT2D eigenvalue weighted by atomic mass is 79.9. The van der Waals surface area contributed by atoms with E-state index in [0.29, 0.717) is 17.9 Å². The van der Waals surface area contributed by atoms with Crippen molar-refractivity contribution in [1.29, 1.82) is 0 Å². The molecular weight excluding hydrogens is 340 g/mol. The Morgan fingerprint density at radius 3 is 2.50 bits per heavy atom. The van der Waals surface area contributed by atoms with Gasteiger partial charge < -0.3 is 9.84 Å². The van der Waals surface area contributed by atoms with Gasteiger partial charge in [-0.3, -0.25) is 0 Å². The second-order valence-corrected chi connectivity index (χ2v) is 6.55. The molecule has 1 unspecified atom stereocenters. The van der Waals surface area contributed by atoms with E-state index in [1.807, 2.05) is 62.4 Å². The molecule has 0 saturated heterocycles. The fraction of sp³-hybridized carbons (Fsp3) is 0.263. The summed E-state index contributed by atoms with van der Waals surface area (Å²) in [4.78, 5) is 0. The number of rotatable bonds is 5. The minimum Gasteiger partial charge on any atom is -0.488 e. The van der Waals surface area contributed by atoms with E-state index in [0.717, 1.165) is 10.0 Å². The normalized spacial score (nSPS) is 12.5. The van der Waals surface area contributed by atoms with Gasteiger partial charge in [0.15, 0.2) is 0 Å². The molecule has 0 amide bonds. The van der Waals surface area contributed by atoms with Gasteiger partial charge in [0, 0.05) is 10.0 Å². The van der Waals surface area contributed by atoms with Gasteiger partial charge in [0.05, 0.1) is 11.5 Å². The van der Waals surface area contributed by atoms with Gasteiger partial charge in [-0.05, 0) is 31.5 Å². The summed E-state index contributed by atoms with van der Waals surface area (Å²) in [6, 6.07) is 15.5. The summed E-state index contributed by atoms with van der Waals surface area (Å²) in [6.07, 6.45) is 4.72. The van der Waals surface area contributed by atoms with Crippen LogP contribution < -0.4 is 4.74 Å². The molecule has 2 aromatic carbocycles. The number of halogens is 1. The largest absolute Gasteiger partial charge is 0.488 e. The van der Waals surface area contributed by atoms with Gasteiger partial charge >= 0.3 is 0 Å². The number of hydrogen-bond donors (Lipinski definition) is 1. The van der Waals surface area contributed by atoms with Crippen LogP contribution in [0.1, 0.15) is 31.1 Å². The van der Waals surface area contributed by atoms with Crippen molar-refractivity contribution in [3.05, 3.63) is 64.1 Å². The van der Waals surface area contributed by atoms with E-state index in [1.54, 1.807) is 0 Å². The van der Waals surface area contributed by atoms with Gasteiger partial charge in [-0.15, -0.1) is 6.42 Å². The maximum atomic E-state index is 10.7. The predicted molar refractivity (Wildman–Crippen MR) is 92.5 cm³/mol. The average Bonchev–Trinajstić information content (AvgIpc) is 2.53. The Morgan fingerprint density at radius 2 is 1.86 bits per heavy atom. The topological polar surface area (TPSA) is 29.5 Å². The van der Waals surface area contributed by atoms with Crippen LogP contribution >= 0.6 is 15.9 Å². The summed E-state index contributed by atoms with van der Waals surface area (Å²) >= 11 is 3.49. The van der Waals surface area contributed by atoms with Crippen molar-refractivity contribution in [2.24, 2.45) is 5.41 Å². The first kappa shape index (κ1) is 16.6. The summed E-state index contributed by atoms with van der Waals surface area (Å²) in [6.45, 7) is 4.10. The smallest absolute Gasteiger partial charge is 0.126 e. The van der Waals surface area contributed by atoms with Crippen LogP contribution in [0.3, 0.4) is 0 Å². The van der Waals surface area contributed by atoms with Crippen LogP contribution in [0.2, 0.25) is 0 Å². The van der Waals surface area contributed by atoms with Gasteiger partial charge in [0.1, 0.15) is 12.4 Å². The van der Waals surface area contributed by atoms with Crippen LogP contribution in [-0.2, 0) is 6.61 Å².